The molecule has 6 heteroatoms. The number of nitrogens with zero attached hydrogens (tertiary/aromatic N) is 1. The molecule has 0 saturated heterocycles. The van der Waals surface area contributed by atoms with Gasteiger partial charge in [0.1, 0.15) is 5.82 Å². The Balaban J connectivity index is 2.32. The zero-order chi connectivity index (χ0) is 10.8. The highest BCUT2D eigenvalue weighted by Gasteiger charge is 2.08. The lowest BCUT2D eigenvalue weighted by Gasteiger charge is -1.97. The molecule has 0 fully saturated rings. The highest BCUT2D eigenvalue weighted by atomic mass is 19.1. The van der Waals surface area contributed by atoms with Crippen molar-refractivity contribution >= 4 is 16.9 Å². The Kier molecular flexibility index (Phi) is 2.24. The third-order valence-corrected chi connectivity index (χ3v) is 1.82. The van der Waals surface area contributed by atoms with E-state index in [9.17, 15) is 9.18 Å². The highest BCUT2D eigenvalue weighted by Crippen LogP contribution is 2.22. The molecule has 1 aromatic heterocycles. The molecule has 0 spiro atoms. The first kappa shape index (κ1) is 9.45. The number of benzene rings is 1. The Hall–Kier alpha value is -2.11. The van der Waals surface area contributed by atoms with E-state index in [0.717, 1.165) is 0 Å². The average Bonchev–Trinajstić information content (AvgIpc) is 2.57. The summed E-state index contributed by atoms with van der Waals surface area (Å²) in [6, 6.07) is 3.99. The zero-order valence-electron chi connectivity index (χ0n) is 7.53. The number of carboxylic acids is 1. The summed E-state index contributed by atoms with van der Waals surface area (Å²) in [6.45, 7) is -0.475. The van der Waals surface area contributed by atoms with Gasteiger partial charge < -0.3 is 9.84 Å². The lowest BCUT2D eigenvalue weighted by Crippen LogP contribution is -2.09. The van der Waals surface area contributed by atoms with Gasteiger partial charge in [-0.25, -0.2) is 9.18 Å². The number of aromatic amines is 1. The smallest absolute Gasteiger partial charge is 0.341 e. The topological polar surface area (TPSA) is 75.2 Å². The number of hydrogen-bond acceptors (Lipinski definition) is 3. The predicted molar refractivity (Wildman–Crippen MR) is 49.2 cm³/mol. The maximum atomic E-state index is 12.8. The molecule has 0 aliphatic carbocycles. The normalized spacial score (nSPS) is 10.5. The molecule has 5 nitrogen and oxygen atoms in total. The zero-order valence-corrected chi connectivity index (χ0v) is 7.53. The first-order valence-electron chi connectivity index (χ1n) is 4.15. The number of carboxylic acid groups (broad SMARTS) is 1. The largest absolute Gasteiger partial charge is 0.479 e. The lowest BCUT2D eigenvalue weighted by molar-refractivity contribution is -0.139. The van der Waals surface area contributed by atoms with Crippen LogP contribution >= 0.6 is 0 Å². The summed E-state index contributed by atoms with van der Waals surface area (Å²) in [5, 5.41) is 15.2. The van der Waals surface area contributed by atoms with Crippen molar-refractivity contribution in [3.05, 3.63) is 24.0 Å². The molecule has 0 radical (unpaired) electrons. The number of H-pyrrole nitrogens is 1. The van der Waals surface area contributed by atoms with E-state index >= 15 is 0 Å². The third kappa shape index (κ3) is 1.88. The fourth-order valence-electron chi connectivity index (χ4n) is 1.21. The molecule has 2 N–H and O–H groups in total. The SMILES string of the molecule is O=C(O)COc1n[nH]c2cc(F)ccc12. The molecule has 0 amide bonds. The molecule has 2 rings (SSSR count). The summed E-state index contributed by atoms with van der Waals surface area (Å²) in [7, 11) is 0. The van der Waals surface area contributed by atoms with Gasteiger partial charge in [0.2, 0.25) is 5.88 Å². The summed E-state index contributed by atoms with van der Waals surface area (Å²) < 4.78 is 17.7. The number of hydrogen-bond donors (Lipinski definition) is 2. The molecule has 0 unspecified atom stereocenters. The second kappa shape index (κ2) is 3.56. The van der Waals surface area contributed by atoms with Crippen LogP contribution in [0.5, 0.6) is 5.88 Å². The number of fused-ring (bicyclic) bond motifs is 1. The quantitative estimate of drug-likeness (QED) is 0.797. The van der Waals surface area contributed by atoms with E-state index in [0.29, 0.717) is 10.9 Å². The van der Waals surface area contributed by atoms with Crippen LogP contribution in [0.1, 0.15) is 0 Å². The van der Waals surface area contributed by atoms with Crippen molar-refractivity contribution in [2.45, 2.75) is 0 Å². The van der Waals surface area contributed by atoms with Gasteiger partial charge in [-0.3, -0.25) is 5.10 Å². The molecule has 0 aliphatic heterocycles. The number of aliphatic carboxylic acids is 1. The molecule has 0 atom stereocenters. The van der Waals surface area contributed by atoms with E-state index in [1.54, 1.807) is 0 Å². The molecular weight excluding hydrogens is 203 g/mol. The van der Waals surface area contributed by atoms with Crippen molar-refractivity contribution < 1.29 is 19.0 Å². The van der Waals surface area contributed by atoms with Gasteiger partial charge >= 0.3 is 5.97 Å². The van der Waals surface area contributed by atoms with E-state index in [-0.39, 0.29) is 5.88 Å². The van der Waals surface area contributed by atoms with Crippen molar-refractivity contribution in [2.24, 2.45) is 0 Å². The minimum Gasteiger partial charge on any atom is -0.479 e. The van der Waals surface area contributed by atoms with Crippen molar-refractivity contribution in [2.75, 3.05) is 6.61 Å². The molecule has 0 bridgehead atoms. The fourth-order valence-corrected chi connectivity index (χ4v) is 1.21. The second-order valence-corrected chi connectivity index (χ2v) is 2.90. The first-order chi connectivity index (χ1) is 7.16. The Bertz CT molecular complexity index is 509. The monoisotopic (exact) mass is 210 g/mol. The van der Waals surface area contributed by atoms with Gasteiger partial charge in [-0.05, 0) is 18.2 Å². The third-order valence-electron chi connectivity index (χ3n) is 1.82. The van der Waals surface area contributed by atoms with Gasteiger partial charge in [0.25, 0.3) is 0 Å². The van der Waals surface area contributed by atoms with Crippen molar-refractivity contribution in [1.82, 2.24) is 10.2 Å². The van der Waals surface area contributed by atoms with Gasteiger partial charge in [-0.15, -0.1) is 5.10 Å². The molecular formula is C9H7FN2O3. The molecule has 0 aliphatic rings. The Morgan fingerprint density at radius 2 is 2.40 bits per heavy atom. The maximum Gasteiger partial charge on any atom is 0.341 e. The number of ether oxygens (including phenoxy) is 1. The number of halogens is 1. The molecule has 2 aromatic rings. The van der Waals surface area contributed by atoms with Gasteiger partial charge in [-0.1, -0.05) is 0 Å². The fraction of sp³-hybridized carbons (Fsp3) is 0.111. The van der Waals surface area contributed by atoms with Crippen molar-refractivity contribution in [1.29, 1.82) is 0 Å². The lowest BCUT2D eigenvalue weighted by atomic mass is 10.2. The van der Waals surface area contributed by atoms with Gasteiger partial charge in [-0.2, -0.15) is 0 Å². The first-order valence-corrected chi connectivity index (χ1v) is 4.15. The standard InChI is InChI=1S/C9H7FN2O3/c10-5-1-2-6-7(3-5)11-12-9(6)15-4-8(13)14/h1-3H,4H2,(H,11,12)(H,13,14). The molecule has 78 valence electrons. The van der Waals surface area contributed by atoms with Gasteiger partial charge in [0.05, 0.1) is 10.9 Å². The van der Waals surface area contributed by atoms with Crippen LogP contribution < -0.4 is 4.74 Å². The molecule has 15 heavy (non-hydrogen) atoms. The molecule has 1 aromatic carbocycles. The van der Waals surface area contributed by atoms with E-state index in [4.69, 9.17) is 9.84 Å². The minimum absolute atomic E-state index is 0.160. The minimum atomic E-state index is -1.09. The maximum absolute atomic E-state index is 12.8. The highest BCUT2D eigenvalue weighted by molar-refractivity contribution is 5.84. The van der Waals surface area contributed by atoms with E-state index in [1.807, 2.05) is 0 Å². The Labute approximate surface area is 83.5 Å². The number of aromatic nitrogens is 2. The Morgan fingerprint density at radius 1 is 1.60 bits per heavy atom. The van der Waals surface area contributed by atoms with Crippen LogP contribution in [0.2, 0.25) is 0 Å². The van der Waals surface area contributed by atoms with E-state index in [1.165, 1.54) is 18.2 Å². The van der Waals surface area contributed by atoms with Gasteiger partial charge in [0.15, 0.2) is 6.61 Å². The van der Waals surface area contributed by atoms with E-state index < -0.39 is 18.4 Å². The van der Waals surface area contributed by atoms with Gasteiger partial charge in [0, 0.05) is 0 Å². The average molecular weight is 210 g/mol. The molecule has 1 heterocycles. The predicted octanol–water partition coefficient (Wildman–Crippen LogP) is 1.17. The van der Waals surface area contributed by atoms with Crippen molar-refractivity contribution in [3.63, 3.8) is 0 Å². The molecule has 0 saturated carbocycles. The number of rotatable bonds is 3. The van der Waals surface area contributed by atoms with Crippen molar-refractivity contribution in [3.8, 4) is 5.88 Å². The van der Waals surface area contributed by atoms with Crippen LogP contribution in [-0.2, 0) is 4.79 Å². The number of carbonyl (C=O) groups is 1. The van der Waals surface area contributed by atoms with Crippen LogP contribution in [0.15, 0.2) is 18.2 Å². The Morgan fingerprint density at radius 3 is 3.13 bits per heavy atom. The summed E-state index contributed by atoms with van der Waals surface area (Å²) in [5.74, 6) is -1.32. The second-order valence-electron chi connectivity index (χ2n) is 2.90. The summed E-state index contributed by atoms with van der Waals surface area (Å²) in [5.41, 5.74) is 0.468. The van der Waals surface area contributed by atoms with Crippen LogP contribution in [-0.4, -0.2) is 27.9 Å². The van der Waals surface area contributed by atoms with Crippen LogP contribution in [0.3, 0.4) is 0 Å². The van der Waals surface area contributed by atoms with Crippen LogP contribution in [0, 0.1) is 5.82 Å². The number of nitrogens with one attached hydrogen (secondary N) is 1. The van der Waals surface area contributed by atoms with E-state index in [2.05, 4.69) is 10.2 Å². The van der Waals surface area contributed by atoms with Crippen LogP contribution in [0.25, 0.3) is 10.9 Å². The summed E-state index contributed by atoms with van der Waals surface area (Å²) >= 11 is 0. The summed E-state index contributed by atoms with van der Waals surface area (Å²) in [4.78, 5) is 10.3. The summed E-state index contributed by atoms with van der Waals surface area (Å²) in [6.07, 6.45) is 0. The van der Waals surface area contributed by atoms with Crippen LogP contribution in [0.4, 0.5) is 4.39 Å².